The molecule has 2 aromatic carbocycles. The van der Waals surface area contributed by atoms with Gasteiger partial charge < -0.3 is 0 Å². The SMILES string of the molecule is O=S(=O)(CCCCN1CC=C(c2ccc(Cl)cc2)CC1)c1ccccc1. The van der Waals surface area contributed by atoms with E-state index in [-0.39, 0.29) is 5.75 Å². The number of hydrogen-bond donors (Lipinski definition) is 0. The minimum atomic E-state index is -3.15. The van der Waals surface area contributed by atoms with E-state index < -0.39 is 9.84 Å². The average molecular weight is 390 g/mol. The van der Waals surface area contributed by atoms with Crippen LogP contribution in [0.1, 0.15) is 24.8 Å². The van der Waals surface area contributed by atoms with Gasteiger partial charge in [0.05, 0.1) is 10.6 Å². The van der Waals surface area contributed by atoms with Crippen LogP contribution in [0.3, 0.4) is 0 Å². The van der Waals surface area contributed by atoms with Gasteiger partial charge in [0.15, 0.2) is 9.84 Å². The molecule has 0 amide bonds. The lowest BCUT2D eigenvalue weighted by Gasteiger charge is -2.26. The van der Waals surface area contributed by atoms with Crippen LogP contribution in [-0.4, -0.2) is 38.7 Å². The maximum Gasteiger partial charge on any atom is 0.178 e. The average Bonchev–Trinajstić information content (AvgIpc) is 2.67. The van der Waals surface area contributed by atoms with Gasteiger partial charge in [0, 0.05) is 18.1 Å². The number of unbranched alkanes of at least 4 members (excludes halogenated alkanes) is 1. The lowest BCUT2D eigenvalue weighted by Crippen LogP contribution is -2.29. The predicted octanol–water partition coefficient (Wildman–Crippen LogP) is 4.68. The first-order chi connectivity index (χ1) is 12.5. The van der Waals surface area contributed by atoms with Crippen LogP contribution in [-0.2, 0) is 9.84 Å². The molecule has 0 bridgehead atoms. The molecule has 3 nitrogen and oxygen atoms in total. The first-order valence-corrected chi connectivity index (χ1v) is 11.0. The molecule has 0 saturated carbocycles. The summed E-state index contributed by atoms with van der Waals surface area (Å²) >= 11 is 5.95. The third kappa shape index (κ3) is 5.19. The molecule has 138 valence electrons. The molecule has 3 rings (SSSR count). The van der Waals surface area contributed by atoms with Gasteiger partial charge in [-0.1, -0.05) is 48.0 Å². The Morgan fingerprint density at radius 3 is 2.35 bits per heavy atom. The van der Waals surface area contributed by atoms with E-state index in [4.69, 9.17) is 11.6 Å². The largest absolute Gasteiger partial charge is 0.299 e. The Hall–Kier alpha value is -1.62. The molecule has 1 heterocycles. The highest BCUT2D eigenvalue weighted by atomic mass is 35.5. The first-order valence-electron chi connectivity index (χ1n) is 9.00. The highest BCUT2D eigenvalue weighted by Crippen LogP contribution is 2.24. The predicted molar refractivity (Wildman–Crippen MR) is 108 cm³/mol. The first kappa shape index (κ1) is 19.2. The third-order valence-electron chi connectivity index (χ3n) is 4.75. The van der Waals surface area contributed by atoms with Crippen molar-refractivity contribution in [2.45, 2.75) is 24.2 Å². The van der Waals surface area contributed by atoms with Gasteiger partial charge >= 0.3 is 0 Å². The maximum absolute atomic E-state index is 12.3. The van der Waals surface area contributed by atoms with E-state index in [1.165, 1.54) is 11.1 Å². The van der Waals surface area contributed by atoms with E-state index in [2.05, 4.69) is 23.1 Å². The van der Waals surface area contributed by atoms with E-state index in [0.717, 1.165) is 37.5 Å². The standard InChI is InChI=1S/C21H24ClNO2S/c22-20-10-8-18(9-11-20)19-12-15-23(16-13-19)14-4-5-17-26(24,25)21-6-2-1-3-7-21/h1-3,6-12H,4-5,13-17H2. The van der Waals surface area contributed by atoms with E-state index in [0.29, 0.717) is 11.3 Å². The number of nitrogens with zero attached hydrogens (tertiary/aromatic N) is 1. The Kier molecular flexibility index (Phi) is 6.52. The number of halogens is 1. The van der Waals surface area contributed by atoms with Crippen LogP contribution in [0.2, 0.25) is 5.02 Å². The van der Waals surface area contributed by atoms with Crippen molar-refractivity contribution in [3.63, 3.8) is 0 Å². The highest BCUT2D eigenvalue weighted by molar-refractivity contribution is 7.91. The summed E-state index contributed by atoms with van der Waals surface area (Å²) in [6.45, 7) is 2.87. The summed E-state index contributed by atoms with van der Waals surface area (Å²) in [4.78, 5) is 2.81. The molecule has 0 aliphatic carbocycles. The van der Waals surface area contributed by atoms with Gasteiger partial charge in [0.2, 0.25) is 0 Å². The summed E-state index contributed by atoms with van der Waals surface area (Å²) in [6, 6.07) is 16.7. The molecule has 26 heavy (non-hydrogen) atoms. The monoisotopic (exact) mass is 389 g/mol. The zero-order valence-electron chi connectivity index (χ0n) is 14.8. The molecular weight excluding hydrogens is 366 g/mol. The second kappa shape index (κ2) is 8.85. The summed E-state index contributed by atoms with van der Waals surface area (Å²) in [5, 5.41) is 0.761. The molecule has 0 atom stereocenters. The van der Waals surface area contributed by atoms with Crippen LogP contribution in [0.25, 0.3) is 5.57 Å². The topological polar surface area (TPSA) is 37.4 Å². The molecule has 5 heteroatoms. The van der Waals surface area contributed by atoms with Crippen molar-refractivity contribution < 1.29 is 8.42 Å². The minimum Gasteiger partial charge on any atom is -0.299 e. The highest BCUT2D eigenvalue weighted by Gasteiger charge is 2.15. The molecule has 0 unspecified atom stereocenters. The Bertz CT molecular complexity index is 845. The van der Waals surface area contributed by atoms with E-state index in [9.17, 15) is 8.42 Å². The summed E-state index contributed by atoms with van der Waals surface area (Å²) in [7, 11) is -3.15. The molecular formula is C21H24ClNO2S. The fourth-order valence-electron chi connectivity index (χ4n) is 3.21. The molecule has 1 aliphatic rings. The van der Waals surface area contributed by atoms with Crippen molar-refractivity contribution in [2.75, 3.05) is 25.4 Å². The molecule has 1 aliphatic heterocycles. The van der Waals surface area contributed by atoms with E-state index >= 15 is 0 Å². The van der Waals surface area contributed by atoms with Gasteiger partial charge in [-0.15, -0.1) is 0 Å². The Morgan fingerprint density at radius 2 is 1.69 bits per heavy atom. The van der Waals surface area contributed by atoms with Crippen molar-refractivity contribution in [3.05, 3.63) is 71.3 Å². The third-order valence-corrected chi connectivity index (χ3v) is 6.82. The summed E-state index contributed by atoms with van der Waals surface area (Å²) in [5.41, 5.74) is 2.60. The molecule has 0 saturated heterocycles. The summed E-state index contributed by atoms with van der Waals surface area (Å²) in [6.07, 6.45) is 4.88. The lowest BCUT2D eigenvalue weighted by atomic mass is 9.99. The summed E-state index contributed by atoms with van der Waals surface area (Å²) in [5.74, 6) is 0.219. The van der Waals surface area contributed by atoms with E-state index in [1.807, 2.05) is 18.2 Å². The second-order valence-corrected chi connectivity index (χ2v) is 9.17. The Morgan fingerprint density at radius 1 is 0.962 bits per heavy atom. The van der Waals surface area contributed by atoms with Crippen molar-refractivity contribution in [2.24, 2.45) is 0 Å². The number of hydrogen-bond acceptors (Lipinski definition) is 3. The zero-order chi connectivity index (χ0) is 18.4. The number of benzene rings is 2. The van der Waals surface area contributed by atoms with Gasteiger partial charge in [0.1, 0.15) is 0 Å². The van der Waals surface area contributed by atoms with Gasteiger partial charge in [0.25, 0.3) is 0 Å². The normalized spacial score (nSPS) is 15.7. The fourth-order valence-corrected chi connectivity index (χ4v) is 4.73. The Labute approximate surface area is 161 Å². The van der Waals surface area contributed by atoms with Crippen LogP contribution in [0, 0.1) is 0 Å². The summed E-state index contributed by atoms with van der Waals surface area (Å²) < 4.78 is 24.5. The van der Waals surface area contributed by atoms with Crippen LogP contribution >= 0.6 is 11.6 Å². The van der Waals surface area contributed by atoms with Crippen LogP contribution in [0.5, 0.6) is 0 Å². The smallest absolute Gasteiger partial charge is 0.178 e. The van der Waals surface area contributed by atoms with Gasteiger partial charge in [-0.05, 0) is 61.2 Å². The maximum atomic E-state index is 12.3. The van der Waals surface area contributed by atoms with Crippen LogP contribution < -0.4 is 0 Å². The quantitative estimate of drug-likeness (QED) is 0.645. The van der Waals surface area contributed by atoms with Gasteiger partial charge in [-0.25, -0.2) is 8.42 Å². The van der Waals surface area contributed by atoms with Crippen molar-refractivity contribution >= 4 is 27.0 Å². The lowest BCUT2D eigenvalue weighted by molar-refractivity contribution is 0.297. The van der Waals surface area contributed by atoms with Gasteiger partial charge in [-0.2, -0.15) is 0 Å². The minimum absolute atomic E-state index is 0.219. The molecule has 0 N–H and O–H groups in total. The van der Waals surface area contributed by atoms with Gasteiger partial charge in [-0.3, -0.25) is 4.90 Å². The molecule has 2 aromatic rings. The zero-order valence-corrected chi connectivity index (χ0v) is 16.3. The Balaban J connectivity index is 1.43. The number of rotatable bonds is 7. The molecule has 0 fully saturated rings. The molecule has 0 aromatic heterocycles. The molecule has 0 radical (unpaired) electrons. The van der Waals surface area contributed by atoms with Crippen molar-refractivity contribution in [3.8, 4) is 0 Å². The fraction of sp³-hybridized carbons (Fsp3) is 0.333. The van der Waals surface area contributed by atoms with Crippen molar-refractivity contribution in [1.82, 2.24) is 4.90 Å². The van der Waals surface area contributed by atoms with E-state index in [1.54, 1.807) is 24.3 Å². The molecule has 0 spiro atoms. The number of sulfone groups is 1. The van der Waals surface area contributed by atoms with Crippen molar-refractivity contribution in [1.29, 1.82) is 0 Å². The van der Waals surface area contributed by atoms with Crippen LogP contribution in [0.4, 0.5) is 0 Å². The second-order valence-electron chi connectivity index (χ2n) is 6.63. The van der Waals surface area contributed by atoms with Crippen LogP contribution in [0.15, 0.2) is 65.6 Å².